The van der Waals surface area contributed by atoms with Gasteiger partial charge in [-0.3, -0.25) is 4.79 Å². The van der Waals surface area contributed by atoms with Crippen LogP contribution in [-0.2, 0) is 4.79 Å². The highest BCUT2D eigenvalue weighted by atomic mass is 35.5. The number of amides is 1. The lowest BCUT2D eigenvalue weighted by molar-refractivity contribution is -0.128. The summed E-state index contributed by atoms with van der Waals surface area (Å²) in [4.78, 5) is 12.4. The molecule has 0 radical (unpaired) electrons. The maximum Gasteiger partial charge on any atom is 0.261 e. The zero-order chi connectivity index (χ0) is 16.8. The third-order valence-electron chi connectivity index (χ3n) is 3.70. The average Bonchev–Trinajstić information content (AvgIpc) is 2.55. The average molecular weight is 332 g/mol. The van der Waals surface area contributed by atoms with E-state index in [1.165, 1.54) is 5.56 Å². The molecule has 4 heteroatoms. The largest absolute Gasteiger partial charge is 0.481 e. The molecule has 0 spiro atoms. The molecule has 1 N–H and O–H groups in total. The summed E-state index contributed by atoms with van der Waals surface area (Å²) in [7, 11) is 0. The predicted molar refractivity (Wildman–Crippen MR) is 93.9 cm³/mol. The smallest absolute Gasteiger partial charge is 0.261 e. The molecule has 2 aromatic carbocycles. The molecule has 0 aliphatic rings. The Labute approximate surface area is 142 Å². The van der Waals surface area contributed by atoms with E-state index in [0.717, 1.165) is 12.0 Å². The van der Waals surface area contributed by atoms with E-state index in [0.29, 0.717) is 10.8 Å². The number of aryl methyl sites for hydroxylation is 1. The molecule has 0 fully saturated rings. The number of hydrogen-bond donors (Lipinski definition) is 1. The van der Waals surface area contributed by atoms with Crippen molar-refractivity contribution in [3.05, 3.63) is 64.7 Å². The normalized spacial score (nSPS) is 13.2. The molecule has 2 atom stereocenters. The molecular formula is C19H22ClNO2. The van der Waals surface area contributed by atoms with Gasteiger partial charge in [0.1, 0.15) is 5.75 Å². The highest BCUT2D eigenvalue weighted by Gasteiger charge is 2.19. The molecule has 0 unspecified atom stereocenters. The SMILES string of the molecule is CC[C@H](NC(=O)[C@@H](C)Oc1ccc(Cl)cc1)c1ccc(C)cc1. The Morgan fingerprint density at radius 1 is 1.13 bits per heavy atom. The van der Waals surface area contributed by atoms with Gasteiger partial charge in [0.15, 0.2) is 6.10 Å². The lowest BCUT2D eigenvalue weighted by atomic mass is 10.0. The second-order valence-corrected chi connectivity index (χ2v) is 6.03. The van der Waals surface area contributed by atoms with E-state index in [9.17, 15) is 4.79 Å². The summed E-state index contributed by atoms with van der Waals surface area (Å²) in [6, 6.07) is 15.2. The number of hydrogen-bond acceptors (Lipinski definition) is 2. The van der Waals surface area contributed by atoms with Gasteiger partial charge in [0.2, 0.25) is 0 Å². The summed E-state index contributed by atoms with van der Waals surface area (Å²) in [6.45, 7) is 5.84. The first-order chi connectivity index (χ1) is 11.0. The number of nitrogens with one attached hydrogen (secondary N) is 1. The Morgan fingerprint density at radius 2 is 1.74 bits per heavy atom. The second kappa shape index (κ2) is 8.02. The molecule has 0 bridgehead atoms. The predicted octanol–water partition coefficient (Wildman–Crippen LogP) is 4.68. The zero-order valence-corrected chi connectivity index (χ0v) is 14.4. The van der Waals surface area contributed by atoms with Crippen molar-refractivity contribution in [3.8, 4) is 5.75 Å². The third-order valence-corrected chi connectivity index (χ3v) is 3.95. The van der Waals surface area contributed by atoms with Crippen LogP contribution in [0.15, 0.2) is 48.5 Å². The first kappa shape index (κ1) is 17.4. The van der Waals surface area contributed by atoms with Crippen LogP contribution in [0.3, 0.4) is 0 Å². The fourth-order valence-corrected chi connectivity index (χ4v) is 2.41. The topological polar surface area (TPSA) is 38.3 Å². The van der Waals surface area contributed by atoms with Crippen molar-refractivity contribution < 1.29 is 9.53 Å². The van der Waals surface area contributed by atoms with E-state index in [1.54, 1.807) is 31.2 Å². The van der Waals surface area contributed by atoms with Crippen molar-refractivity contribution in [2.24, 2.45) is 0 Å². The number of rotatable bonds is 6. The lowest BCUT2D eigenvalue weighted by Crippen LogP contribution is -2.38. The number of ether oxygens (including phenoxy) is 1. The highest BCUT2D eigenvalue weighted by molar-refractivity contribution is 6.30. The molecule has 2 rings (SSSR count). The van der Waals surface area contributed by atoms with E-state index in [-0.39, 0.29) is 11.9 Å². The minimum atomic E-state index is -0.573. The standard InChI is InChI=1S/C19H22ClNO2/c1-4-18(15-7-5-13(2)6-8-15)21-19(22)14(3)23-17-11-9-16(20)10-12-17/h5-12,14,18H,4H2,1-3H3,(H,21,22)/t14-,18+/m1/s1. The zero-order valence-electron chi connectivity index (χ0n) is 13.7. The van der Waals surface area contributed by atoms with Gasteiger partial charge in [-0.1, -0.05) is 48.4 Å². The summed E-state index contributed by atoms with van der Waals surface area (Å²) >= 11 is 5.84. The molecule has 122 valence electrons. The van der Waals surface area contributed by atoms with Gasteiger partial charge in [0.05, 0.1) is 6.04 Å². The van der Waals surface area contributed by atoms with Crippen molar-refractivity contribution >= 4 is 17.5 Å². The molecule has 2 aromatic rings. The summed E-state index contributed by atoms with van der Waals surface area (Å²) in [5.41, 5.74) is 2.31. The highest BCUT2D eigenvalue weighted by Crippen LogP contribution is 2.19. The molecule has 0 aliphatic heterocycles. The maximum absolute atomic E-state index is 12.4. The van der Waals surface area contributed by atoms with Crippen LogP contribution in [0.25, 0.3) is 0 Å². The molecule has 0 saturated carbocycles. The maximum atomic E-state index is 12.4. The molecule has 0 heterocycles. The molecule has 3 nitrogen and oxygen atoms in total. The number of benzene rings is 2. The monoisotopic (exact) mass is 331 g/mol. The van der Waals surface area contributed by atoms with Gasteiger partial charge < -0.3 is 10.1 Å². The fourth-order valence-electron chi connectivity index (χ4n) is 2.28. The quantitative estimate of drug-likeness (QED) is 0.834. The van der Waals surface area contributed by atoms with Crippen LogP contribution in [0.1, 0.15) is 37.4 Å². The molecular weight excluding hydrogens is 310 g/mol. The van der Waals surface area contributed by atoms with Gasteiger partial charge in [0.25, 0.3) is 5.91 Å². The Morgan fingerprint density at radius 3 is 2.30 bits per heavy atom. The van der Waals surface area contributed by atoms with E-state index >= 15 is 0 Å². The van der Waals surface area contributed by atoms with Crippen molar-refractivity contribution in [1.29, 1.82) is 0 Å². The van der Waals surface area contributed by atoms with Gasteiger partial charge in [-0.25, -0.2) is 0 Å². The second-order valence-electron chi connectivity index (χ2n) is 5.59. The van der Waals surface area contributed by atoms with Gasteiger partial charge >= 0.3 is 0 Å². The van der Waals surface area contributed by atoms with E-state index in [2.05, 4.69) is 36.5 Å². The summed E-state index contributed by atoms with van der Waals surface area (Å²) in [5.74, 6) is 0.493. The lowest BCUT2D eigenvalue weighted by Gasteiger charge is -2.21. The van der Waals surface area contributed by atoms with Crippen molar-refractivity contribution in [1.82, 2.24) is 5.32 Å². The molecule has 1 amide bonds. The van der Waals surface area contributed by atoms with Crippen LogP contribution in [-0.4, -0.2) is 12.0 Å². The number of carbonyl (C=O) groups excluding carboxylic acids is 1. The number of carbonyl (C=O) groups is 1. The van der Waals surface area contributed by atoms with Crippen molar-refractivity contribution in [2.45, 2.75) is 39.3 Å². The first-order valence-corrected chi connectivity index (χ1v) is 8.16. The molecule has 0 aromatic heterocycles. The molecule has 0 saturated heterocycles. The van der Waals surface area contributed by atoms with E-state index in [1.807, 2.05) is 6.92 Å². The first-order valence-electron chi connectivity index (χ1n) is 7.78. The molecule has 23 heavy (non-hydrogen) atoms. The van der Waals surface area contributed by atoms with Crippen LogP contribution in [0, 0.1) is 6.92 Å². The Bertz CT molecular complexity index is 637. The van der Waals surface area contributed by atoms with Gasteiger partial charge in [-0.05, 0) is 50.1 Å². The van der Waals surface area contributed by atoms with Gasteiger partial charge in [0, 0.05) is 5.02 Å². The number of halogens is 1. The van der Waals surface area contributed by atoms with Crippen molar-refractivity contribution in [3.63, 3.8) is 0 Å². The minimum absolute atomic E-state index is 0.0145. The summed E-state index contributed by atoms with van der Waals surface area (Å²) < 4.78 is 5.66. The van der Waals surface area contributed by atoms with Crippen LogP contribution in [0.2, 0.25) is 5.02 Å². The van der Waals surface area contributed by atoms with Crippen molar-refractivity contribution in [2.75, 3.05) is 0 Å². The van der Waals surface area contributed by atoms with Gasteiger partial charge in [-0.15, -0.1) is 0 Å². The van der Waals surface area contributed by atoms with Crippen LogP contribution in [0.4, 0.5) is 0 Å². The third kappa shape index (κ3) is 5.00. The minimum Gasteiger partial charge on any atom is -0.481 e. The fraction of sp³-hybridized carbons (Fsp3) is 0.316. The van der Waals surface area contributed by atoms with Crippen LogP contribution in [0.5, 0.6) is 5.75 Å². The van der Waals surface area contributed by atoms with E-state index in [4.69, 9.17) is 16.3 Å². The summed E-state index contributed by atoms with van der Waals surface area (Å²) in [5, 5.41) is 3.68. The Balaban J connectivity index is 1.98. The Kier molecular flexibility index (Phi) is 6.05. The Hall–Kier alpha value is -2.00. The molecule has 0 aliphatic carbocycles. The van der Waals surface area contributed by atoms with Crippen LogP contribution < -0.4 is 10.1 Å². The van der Waals surface area contributed by atoms with E-state index < -0.39 is 6.10 Å². The van der Waals surface area contributed by atoms with Crippen LogP contribution >= 0.6 is 11.6 Å². The van der Waals surface area contributed by atoms with Gasteiger partial charge in [-0.2, -0.15) is 0 Å². The summed E-state index contributed by atoms with van der Waals surface area (Å²) in [6.07, 6.45) is 0.248.